The maximum absolute atomic E-state index is 12.8. The number of aromatic nitrogens is 2. The molecule has 4 aromatic rings. The van der Waals surface area contributed by atoms with Crippen LogP contribution in [0, 0.1) is 5.92 Å². The van der Waals surface area contributed by atoms with E-state index in [9.17, 15) is 4.79 Å². The highest BCUT2D eigenvalue weighted by molar-refractivity contribution is 7.15. The number of hydrogen-bond donors (Lipinski definition) is 0. The van der Waals surface area contributed by atoms with Crippen LogP contribution in [0.5, 0.6) is 0 Å². The van der Waals surface area contributed by atoms with Gasteiger partial charge in [-0.15, -0.1) is 11.3 Å². The third-order valence-corrected chi connectivity index (χ3v) is 7.11. The molecule has 32 heavy (non-hydrogen) atoms. The molecule has 2 aromatic heterocycles. The number of rotatable bonds is 7. The molecule has 1 atom stereocenters. The Hall–Kier alpha value is -2.70. The molecular weight excluding hydrogens is 418 g/mol. The van der Waals surface area contributed by atoms with Gasteiger partial charge in [0.25, 0.3) is 0 Å². The SMILES string of the molecule is CC(C)C(=O)N(CCc1csc2nc(-c3ccc4ccccc4c3)cn12)CC1CCCO1. The summed E-state index contributed by atoms with van der Waals surface area (Å²) in [5, 5.41) is 4.62. The second-order valence-electron chi connectivity index (χ2n) is 8.89. The number of ether oxygens (including phenoxy) is 1. The number of imidazole rings is 1. The predicted molar refractivity (Wildman–Crippen MR) is 130 cm³/mol. The number of nitrogens with zero attached hydrogens (tertiary/aromatic N) is 3. The lowest BCUT2D eigenvalue weighted by Gasteiger charge is -2.27. The summed E-state index contributed by atoms with van der Waals surface area (Å²) in [6, 6.07) is 14.9. The molecule has 1 aliphatic heterocycles. The van der Waals surface area contributed by atoms with Crippen LogP contribution >= 0.6 is 11.3 Å². The van der Waals surface area contributed by atoms with Gasteiger partial charge in [0.1, 0.15) is 0 Å². The molecule has 166 valence electrons. The van der Waals surface area contributed by atoms with Gasteiger partial charge in [0.2, 0.25) is 5.91 Å². The van der Waals surface area contributed by atoms with Crippen LogP contribution in [0.2, 0.25) is 0 Å². The molecule has 0 bridgehead atoms. The number of carbonyl (C=O) groups excluding carboxylic acids is 1. The minimum atomic E-state index is -0.00773. The second-order valence-corrected chi connectivity index (χ2v) is 9.73. The lowest BCUT2D eigenvalue weighted by Crippen LogP contribution is -2.41. The Bertz CT molecular complexity index is 1240. The first-order valence-corrected chi connectivity index (χ1v) is 12.3. The maximum Gasteiger partial charge on any atom is 0.225 e. The molecule has 1 fully saturated rings. The van der Waals surface area contributed by atoms with Crippen molar-refractivity contribution in [2.75, 3.05) is 19.7 Å². The number of benzene rings is 2. The van der Waals surface area contributed by atoms with Gasteiger partial charge in [-0.05, 0) is 29.7 Å². The first kappa shape index (κ1) is 21.2. The summed E-state index contributed by atoms with van der Waals surface area (Å²) >= 11 is 1.66. The molecule has 5 nitrogen and oxygen atoms in total. The lowest BCUT2D eigenvalue weighted by atomic mass is 10.1. The van der Waals surface area contributed by atoms with Crippen LogP contribution in [-0.4, -0.2) is 46.0 Å². The number of hydrogen-bond acceptors (Lipinski definition) is 4. The smallest absolute Gasteiger partial charge is 0.225 e. The van der Waals surface area contributed by atoms with Gasteiger partial charge < -0.3 is 9.64 Å². The summed E-state index contributed by atoms with van der Waals surface area (Å²) in [6.45, 7) is 6.15. The Balaban J connectivity index is 1.35. The summed E-state index contributed by atoms with van der Waals surface area (Å²) in [5.41, 5.74) is 3.30. The summed E-state index contributed by atoms with van der Waals surface area (Å²) in [7, 11) is 0. The van der Waals surface area contributed by atoms with Crippen LogP contribution in [0.1, 0.15) is 32.4 Å². The molecule has 0 N–H and O–H groups in total. The number of amides is 1. The standard InChI is InChI=1S/C26H29N3O2S/c1-18(2)25(30)28(15-23-8-5-13-31-23)12-11-22-17-32-26-27-24(16-29(22)26)21-10-9-19-6-3-4-7-20(19)14-21/h3-4,6-7,9-10,14,16-18,23H,5,8,11-13,15H2,1-2H3. The van der Waals surface area contributed by atoms with E-state index in [0.29, 0.717) is 13.1 Å². The molecule has 5 rings (SSSR count). The van der Waals surface area contributed by atoms with Crippen molar-refractivity contribution in [3.8, 4) is 11.3 Å². The van der Waals surface area contributed by atoms with E-state index in [-0.39, 0.29) is 17.9 Å². The molecule has 1 saturated heterocycles. The molecule has 6 heteroatoms. The third-order valence-electron chi connectivity index (χ3n) is 6.22. The summed E-state index contributed by atoms with van der Waals surface area (Å²) < 4.78 is 7.98. The van der Waals surface area contributed by atoms with Crippen molar-refractivity contribution in [2.45, 2.75) is 39.2 Å². The molecule has 2 aromatic carbocycles. The van der Waals surface area contributed by atoms with E-state index >= 15 is 0 Å². The van der Waals surface area contributed by atoms with Gasteiger partial charge in [-0.3, -0.25) is 9.20 Å². The van der Waals surface area contributed by atoms with Crippen LogP contribution in [0.15, 0.2) is 54.0 Å². The van der Waals surface area contributed by atoms with Gasteiger partial charge in [0.05, 0.1) is 11.8 Å². The van der Waals surface area contributed by atoms with Gasteiger partial charge in [-0.2, -0.15) is 0 Å². The van der Waals surface area contributed by atoms with Crippen molar-refractivity contribution in [1.29, 1.82) is 0 Å². The highest BCUT2D eigenvalue weighted by Gasteiger charge is 2.24. The molecule has 3 heterocycles. The second kappa shape index (κ2) is 9.04. The Morgan fingerprint density at radius 1 is 1.25 bits per heavy atom. The van der Waals surface area contributed by atoms with E-state index in [1.54, 1.807) is 11.3 Å². The first-order valence-electron chi connectivity index (χ1n) is 11.4. The topological polar surface area (TPSA) is 46.8 Å². The molecular formula is C26H29N3O2S. The normalized spacial score (nSPS) is 16.4. The van der Waals surface area contributed by atoms with Gasteiger partial charge >= 0.3 is 0 Å². The zero-order chi connectivity index (χ0) is 22.1. The van der Waals surface area contributed by atoms with Crippen molar-refractivity contribution in [2.24, 2.45) is 5.92 Å². The molecule has 0 spiro atoms. The maximum atomic E-state index is 12.8. The van der Waals surface area contributed by atoms with E-state index < -0.39 is 0 Å². The van der Waals surface area contributed by atoms with Crippen molar-refractivity contribution in [1.82, 2.24) is 14.3 Å². The number of fused-ring (bicyclic) bond motifs is 2. The molecule has 1 unspecified atom stereocenters. The summed E-state index contributed by atoms with van der Waals surface area (Å²) in [4.78, 5) is 20.7. The first-order chi connectivity index (χ1) is 15.6. The van der Waals surface area contributed by atoms with Crippen molar-refractivity contribution < 1.29 is 9.53 Å². The summed E-state index contributed by atoms with van der Waals surface area (Å²) in [6.07, 6.45) is 5.24. The highest BCUT2D eigenvalue weighted by Crippen LogP contribution is 2.27. The fourth-order valence-corrected chi connectivity index (χ4v) is 5.34. The Morgan fingerprint density at radius 2 is 2.09 bits per heavy atom. The number of thiazole rings is 1. The summed E-state index contributed by atoms with van der Waals surface area (Å²) in [5.74, 6) is 0.195. The van der Waals surface area contributed by atoms with E-state index in [1.807, 2.05) is 18.7 Å². The lowest BCUT2D eigenvalue weighted by molar-refractivity contribution is -0.136. The minimum Gasteiger partial charge on any atom is -0.376 e. The van der Waals surface area contributed by atoms with E-state index in [0.717, 1.165) is 42.1 Å². The van der Waals surface area contributed by atoms with E-state index in [4.69, 9.17) is 9.72 Å². The Morgan fingerprint density at radius 3 is 2.88 bits per heavy atom. The van der Waals surface area contributed by atoms with Crippen molar-refractivity contribution in [3.05, 3.63) is 59.7 Å². The predicted octanol–water partition coefficient (Wildman–Crippen LogP) is 5.42. The average Bonchev–Trinajstić information content (AvgIpc) is 3.54. The van der Waals surface area contributed by atoms with Gasteiger partial charge in [0.15, 0.2) is 4.96 Å². The van der Waals surface area contributed by atoms with Crippen LogP contribution in [-0.2, 0) is 16.0 Å². The minimum absolute atomic E-state index is 0.00773. The van der Waals surface area contributed by atoms with Crippen molar-refractivity contribution in [3.63, 3.8) is 0 Å². The van der Waals surface area contributed by atoms with E-state index in [1.165, 1.54) is 16.5 Å². The zero-order valence-electron chi connectivity index (χ0n) is 18.7. The van der Waals surface area contributed by atoms with Crippen LogP contribution in [0.25, 0.3) is 27.0 Å². The third kappa shape index (κ3) is 4.30. The highest BCUT2D eigenvalue weighted by atomic mass is 32.1. The van der Waals surface area contributed by atoms with Crippen LogP contribution in [0.3, 0.4) is 0 Å². The largest absolute Gasteiger partial charge is 0.376 e. The Kier molecular flexibility index (Phi) is 5.98. The van der Waals surface area contributed by atoms with Crippen LogP contribution < -0.4 is 0 Å². The van der Waals surface area contributed by atoms with E-state index in [2.05, 4.69) is 58.4 Å². The van der Waals surface area contributed by atoms with Crippen molar-refractivity contribution >= 4 is 33.0 Å². The van der Waals surface area contributed by atoms with Gasteiger partial charge in [0, 0.05) is 54.9 Å². The molecule has 0 aliphatic carbocycles. The molecule has 1 aliphatic rings. The quantitative estimate of drug-likeness (QED) is 0.380. The monoisotopic (exact) mass is 447 g/mol. The fraction of sp³-hybridized carbons (Fsp3) is 0.385. The van der Waals surface area contributed by atoms with Gasteiger partial charge in [-0.1, -0.05) is 50.2 Å². The molecule has 1 amide bonds. The molecule has 0 radical (unpaired) electrons. The number of carbonyl (C=O) groups is 1. The average molecular weight is 448 g/mol. The molecule has 0 saturated carbocycles. The Labute approximate surface area is 192 Å². The van der Waals surface area contributed by atoms with Crippen LogP contribution in [0.4, 0.5) is 0 Å². The fourth-order valence-electron chi connectivity index (χ4n) is 4.44. The van der Waals surface area contributed by atoms with Gasteiger partial charge in [-0.25, -0.2) is 4.98 Å². The zero-order valence-corrected chi connectivity index (χ0v) is 19.5.